The Labute approximate surface area is 112 Å². The molecule has 0 fully saturated rings. The van der Waals surface area contributed by atoms with E-state index in [2.05, 4.69) is 16.4 Å². The average Bonchev–Trinajstić information content (AvgIpc) is 2.90. The van der Waals surface area contributed by atoms with Gasteiger partial charge in [-0.05, 0) is 24.1 Å². The molecule has 0 aliphatic carbocycles. The van der Waals surface area contributed by atoms with Gasteiger partial charge in [-0.3, -0.25) is 0 Å². The molecule has 1 aliphatic heterocycles. The quantitative estimate of drug-likeness (QED) is 0.883. The maximum absolute atomic E-state index is 10.4. The molecule has 1 aromatic carbocycles. The number of methoxy groups -OCH3 is 1. The van der Waals surface area contributed by atoms with Crippen LogP contribution in [0.2, 0.25) is 0 Å². The lowest BCUT2D eigenvalue weighted by Gasteiger charge is -2.19. The Balaban J connectivity index is 1.77. The number of aromatic nitrogens is 1. The molecule has 0 amide bonds. The first-order valence-corrected chi connectivity index (χ1v) is 6.30. The Bertz CT molecular complexity index is 544. The van der Waals surface area contributed by atoms with Crippen molar-refractivity contribution < 1.29 is 9.84 Å². The van der Waals surface area contributed by atoms with Gasteiger partial charge in [0.05, 0.1) is 13.2 Å². The number of aliphatic hydroxyl groups is 1. The highest BCUT2D eigenvalue weighted by Crippen LogP contribution is 2.31. The molecule has 2 unspecified atom stereocenters. The minimum Gasteiger partial charge on any atom is -0.481 e. The Morgan fingerprint density at radius 2 is 2.16 bits per heavy atom. The molecule has 2 atom stereocenters. The van der Waals surface area contributed by atoms with Gasteiger partial charge < -0.3 is 15.2 Å². The number of pyridine rings is 1. The molecule has 4 nitrogen and oxygen atoms in total. The van der Waals surface area contributed by atoms with E-state index in [-0.39, 0.29) is 6.04 Å². The summed E-state index contributed by atoms with van der Waals surface area (Å²) < 4.78 is 5.02. The lowest BCUT2D eigenvalue weighted by molar-refractivity contribution is 0.156. The van der Waals surface area contributed by atoms with E-state index in [1.165, 1.54) is 5.56 Å². The molecular weight excluding hydrogens is 240 g/mol. The summed E-state index contributed by atoms with van der Waals surface area (Å²) in [5, 5.41) is 13.8. The molecule has 19 heavy (non-hydrogen) atoms. The van der Waals surface area contributed by atoms with Gasteiger partial charge in [-0.15, -0.1) is 0 Å². The molecule has 0 saturated carbocycles. The van der Waals surface area contributed by atoms with E-state index in [1.54, 1.807) is 19.4 Å². The summed E-state index contributed by atoms with van der Waals surface area (Å²) >= 11 is 0. The molecule has 1 aromatic heterocycles. The van der Waals surface area contributed by atoms with Gasteiger partial charge in [-0.2, -0.15) is 0 Å². The number of anilines is 1. The second kappa shape index (κ2) is 4.90. The van der Waals surface area contributed by atoms with E-state index >= 15 is 0 Å². The number of hydrogen-bond donors (Lipinski definition) is 2. The molecule has 2 aromatic rings. The molecule has 4 heteroatoms. The van der Waals surface area contributed by atoms with Crippen LogP contribution in [0.15, 0.2) is 42.6 Å². The zero-order valence-electron chi connectivity index (χ0n) is 10.7. The standard InChI is InChI=1S/C15H16N2O2/c1-19-14-7-6-11(9-16-14)15(18)13-8-10-4-2-3-5-12(10)17-13/h2-7,9,13,15,17-18H,8H2,1H3. The molecule has 0 spiro atoms. The van der Waals surface area contributed by atoms with Gasteiger partial charge in [-0.25, -0.2) is 4.98 Å². The van der Waals surface area contributed by atoms with Crippen molar-refractivity contribution >= 4 is 5.69 Å². The highest BCUT2D eigenvalue weighted by Gasteiger charge is 2.27. The molecule has 0 saturated heterocycles. The van der Waals surface area contributed by atoms with Crippen molar-refractivity contribution in [2.24, 2.45) is 0 Å². The lowest BCUT2D eigenvalue weighted by Crippen LogP contribution is -2.24. The number of nitrogens with zero attached hydrogens (tertiary/aromatic N) is 1. The van der Waals surface area contributed by atoms with Crippen LogP contribution in [0.3, 0.4) is 0 Å². The summed E-state index contributed by atoms with van der Waals surface area (Å²) in [5.74, 6) is 0.554. The van der Waals surface area contributed by atoms with Crippen molar-refractivity contribution in [3.8, 4) is 5.88 Å². The second-order valence-corrected chi connectivity index (χ2v) is 4.69. The van der Waals surface area contributed by atoms with Crippen molar-refractivity contribution in [1.29, 1.82) is 0 Å². The Hall–Kier alpha value is -2.07. The molecule has 3 rings (SSSR count). The van der Waals surface area contributed by atoms with Gasteiger partial charge in [-0.1, -0.05) is 18.2 Å². The van der Waals surface area contributed by atoms with E-state index in [1.807, 2.05) is 24.3 Å². The van der Waals surface area contributed by atoms with E-state index in [4.69, 9.17) is 4.74 Å². The van der Waals surface area contributed by atoms with Gasteiger partial charge in [0.2, 0.25) is 5.88 Å². The predicted octanol–water partition coefficient (Wildman–Crippen LogP) is 2.16. The van der Waals surface area contributed by atoms with Crippen LogP contribution < -0.4 is 10.1 Å². The molecule has 2 N–H and O–H groups in total. The summed E-state index contributed by atoms with van der Waals surface area (Å²) in [4.78, 5) is 4.13. The van der Waals surface area contributed by atoms with Crippen LogP contribution in [0.5, 0.6) is 5.88 Å². The van der Waals surface area contributed by atoms with Gasteiger partial charge >= 0.3 is 0 Å². The van der Waals surface area contributed by atoms with Crippen molar-refractivity contribution in [3.05, 3.63) is 53.7 Å². The molecule has 98 valence electrons. The zero-order chi connectivity index (χ0) is 13.2. The van der Waals surface area contributed by atoms with Crippen LogP contribution in [0.1, 0.15) is 17.2 Å². The summed E-state index contributed by atoms with van der Waals surface area (Å²) in [7, 11) is 1.58. The summed E-state index contributed by atoms with van der Waals surface area (Å²) in [6.45, 7) is 0. The third-order valence-electron chi connectivity index (χ3n) is 3.49. The highest BCUT2D eigenvalue weighted by atomic mass is 16.5. The van der Waals surface area contributed by atoms with Crippen molar-refractivity contribution in [1.82, 2.24) is 4.98 Å². The number of ether oxygens (including phenoxy) is 1. The van der Waals surface area contributed by atoms with Crippen LogP contribution >= 0.6 is 0 Å². The normalized spacial score (nSPS) is 18.5. The summed E-state index contributed by atoms with van der Waals surface area (Å²) in [6, 6.07) is 11.7. The monoisotopic (exact) mass is 256 g/mol. The average molecular weight is 256 g/mol. The lowest BCUT2D eigenvalue weighted by atomic mass is 10.0. The minimum absolute atomic E-state index is 0.00686. The number of benzene rings is 1. The van der Waals surface area contributed by atoms with E-state index in [0.717, 1.165) is 17.7 Å². The van der Waals surface area contributed by atoms with Crippen LogP contribution in [0.4, 0.5) is 5.69 Å². The van der Waals surface area contributed by atoms with Crippen LogP contribution in [0.25, 0.3) is 0 Å². The number of rotatable bonds is 3. The fourth-order valence-corrected chi connectivity index (χ4v) is 2.44. The predicted molar refractivity (Wildman–Crippen MR) is 73.3 cm³/mol. The van der Waals surface area contributed by atoms with Gasteiger partial charge in [0.25, 0.3) is 0 Å². The SMILES string of the molecule is COc1ccc(C(O)C2Cc3ccccc3N2)cn1. The summed E-state index contributed by atoms with van der Waals surface area (Å²) in [6.07, 6.45) is 1.91. The Kier molecular flexibility index (Phi) is 3.09. The topological polar surface area (TPSA) is 54.4 Å². The van der Waals surface area contributed by atoms with Gasteiger partial charge in [0.1, 0.15) is 6.10 Å². The number of aliphatic hydroxyl groups excluding tert-OH is 1. The first-order valence-electron chi connectivity index (χ1n) is 6.30. The largest absolute Gasteiger partial charge is 0.481 e. The fraction of sp³-hybridized carbons (Fsp3) is 0.267. The number of para-hydroxylation sites is 1. The van der Waals surface area contributed by atoms with Crippen molar-refractivity contribution in [2.75, 3.05) is 12.4 Å². The molecule has 2 heterocycles. The smallest absolute Gasteiger partial charge is 0.212 e. The van der Waals surface area contributed by atoms with Crippen LogP contribution in [-0.2, 0) is 6.42 Å². The van der Waals surface area contributed by atoms with Crippen molar-refractivity contribution in [2.45, 2.75) is 18.6 Å². The third kappa shape index (κ3) is 2.27. The van der Waals surface area contributed by atoms with Crippen molar-refractivity contribution in [3.63, 3.8) is 0 Å². The second-order valence-electron chi connectivity index (χ2n) is 4.69. The summed E-state index contributed by atoms with van der Waals surface area (Å²) in [5.41, 5.74) is 3.15. The number of nitrogens with one attached hydrogen (secondary N) is 1. The fourth-order valence-electron chi connectivity index (χ4n) is 2.44. The number of fused-ring (bicyclic) bond motifs is 1. The molecule has 0 radical (unpaired) electrons. The maximum Gasteiger partial charge on any atom is 0.212 e. The minimum atomic E-state index is -0.578. The first-order chi connectivity index (χ1) is 9.28. The highest BCUT2D eigenvalue weighted by molar-refractivity contribution is 5.57. The van der Waals surface area contributed by atoms with Crippen LogP contribution in [-0.4, -0.2) is 23.2 Å². The maximum atomic E-state index is 10.4. The van der Waals surface area contributed by atoms with E-state index in [9.17, 15) is 5.11 Å². The number of hydrogen-bond acceptors (Lipinski definition) is 4. The van der Waals surface area contributed by atoms with Gasteiger partial charge in [0, 0.05) is 23.5 Å². The first kappa shape index (κ1) is 12.0. The molecule has 1 aliphatic rings. The van der Waals surface area contributed by atoms with Gasteiger partial charge in [0.15, 0.2) is 0 Å². The Morgan fingerprint density at radius 3 is 2.84 bits per heavy atom. The van der Waals surface area contributed by atoms with Crippen LogP contribution in [0, 0.1) is 0 Å². The third-order valence-corrected chi connectivity index (χ3v) is 3.49. The molecular formula is C15H16N2O2. The Morgan fingerprint density at radius 1 is 1.32 bits per heavy atom. The van der Waals surface area contributed by atoms with E-state index in [0.29, 0.717) is 5.88 Å². The van der Waals surface area contributed by atoms with E-state index < -0.39 is 6.10 Å². The zero-order valence-corrected chi connectivity index (χ0v) is 10.7. The molecule has 0 bridgehead atoms.